The number of nitrogens with zero attached hydrogens (tertiary/aromatic N) is 4. The second-order valence-corrected chi connectivity index (χ2v) is 8.00. The van der Waals surface area contributed by atoms with Gasteiger partial charge in [-0.1, -0.05) is 25.6 Å². The average Bonchev–Trinajstić information content (AvgIpc) is 3.16. The molecular weight excluding hydrogens is 390 g/mol. The maximum atomic E-state index is 12.6. The third-order valence-electron chi connectivity index (χ3n) is 4.64. The molecule has 0 spiro atoms. The van der Waals surface area contributed by atoms with Crippen LogP contribution in [0.15, 0.2) is 29.4 Å². The Balaban J connectivity index is 1.60. The van der Waals surface area contributed by atoms with E-state index in [4.69, 9.17) is 4.74 Å². The van der Waals surface area contributed by atoms with Crippen LogP contribution in [0, 0.1) is 5.92 Å². The maximum absolute atomic E-state index is 12.6. The summed E-state index contributed by atoms with van der Waals surface area (Å²) >= 11 is 1.39. The zero-order valence-electron chi connectivity index (χ0n) is 17.1. The number of carbonyl (C=O) groups is 2. The van der Waals surface area contributed by atoms with Crippen LogP contribution in [0.25, 0.3) is 0 Å². The first kappa shape index (κ1) is 21.3. The minimum atomic E-state index is -0.0917. The van der Waals surface area contributed by atoms with Gasteiger partial charge in [0.2, 0.25) is 11.9 Å². The van der Waals surface area contributed by atoms with Gasteiger partial charge in [-0.3, -0.25) is 14.2 Å². The molecule has 1 aliphatic heterocycles. The van der Waals surface area contributed by atoms with Crippen molar-refractivity contribution in [1.29, 1.82) is 0 Å². The third-order valence-corrected chi connectivity index (χ3v) is 5.61. The van der Waals surface area contributed by atoms with Crippen LogP contribution in [-0.2, 0) is 16.1 Å². The Kier molecular flexibility index (Phi) is 7.27. The number of morpholine rings is 1. The minimum Gasteiger partial charge on any atom is -0.378 e. The number of benzene rings is 1. The van der Waals surface area contributed by atoms with Gasteiger partial charge in [0.05, 0.1) is 19.0 Å². The molecule has 0 aliphatic carbocycles. The minimum absolute atomic E-state index is 0.00955. The van der Waals surface area contributed by atoms with Gasteiger partial charge in [-0.25, -0.2) is 0 Å². The highest BCUT2D eigenvalue weighted by atomic mass is 32.2. The van der Waals surface area contributed by atoms with Crippen molar-refractivity contribution in [3.05, 3.63) is 29.8 Å². The summed E-state index contributed by atoms with van der Waals surface area (Å²) in [5.41, 5.74) is 1.30. The molecule has 1 fully saturated rings. The summed E-state index contributed by atoms with van der Waals surface area (Å²) in [6.45, 7) is 9.41. The molecule has 1 N–H and O–H groups in total. The van der Waals surface area contributed by atoms with Gasteiger partial charge in [-0.05, 0) is 31.2 Å². The highest BCUT2D eigenvalue weighted by Crippen LogP contribution is 2.23. The Morgan fingerprint density at radius 2 is 1.86 bits per heavy atom. The lowest BCUT2D eigenvalue weighted by atomic mass is 10.1. The second kappa shape index (κ2) is 9.89. The molecule has 0 radical (unpaired) electrons. The van der Waals surface area contributed by atoms with Gasteiger partial charge in [-0.2, -0.15) is 0 Å². The van der Waals surface area contributed by atoms with Gasteiger partial charge in [0.15, 0.2) is 10.9 Å². The van der Waals surface area contributed by atoms with E-state index < -0.39 is 0 Å². The van der Waals surface area contributed by atoms with Crippen molar-refractivity contribution < 1.29 is 14.3 Å². The van der Waals surface area contributed by atoms with Gasteiger partial charge >= 0.3 is 0 Å². The molecule has 0 atom stereocenters. The Hall–Kier alpha value is -2.39. The lowest BCUT2D eigenvalue weighted by molar-refractivity contribution is -0.118. The molecule has 2 heterocycles. The molecule has 0 saturated carbocycles. The molecule has 3 rings (SSSR count). The van der Waals surface area contributed by atoms with Crippen molar-refractivity contribution in [2.45, 2.75) is 32.5 Å². The van der Waals surface area contributed by atoms with E-state index in [1.807, 2.05) is 25.3 Å². The molecule has 156 valence electrons. The second-order valence-electron chi connectivity index (χ2n) is 7.06. The van der Waals surface area contributed by atoms with E-state index in [1.165, 1.54) is 11.8 Å². The molecule has 2 aromatic rings. The smallest absolute Gasteiger partial charge is 0.228 e. The zero-order valence-corrected chi connectivity index (χ0v) is 17.9. The van der Waals surface area contributed by atoms with E-state index in [2.05, 4.69) is 20.4 Å². The van der Waals surface area contributed by atoms with E-state index in [0.29, 0.717) is 24.5 Å². The van der Waals surface area contributed by atoms with Crippen LogP contribution in [-0.4, -0.2) is 58.5 Å². The summed E-state index contributed by atoms with van der Waals surface area (Å²) in [6, 6.07) is 6.98. The van der Waals surface area contributed by atoms with Crippen molar-refractivity contribution in [1.82, 2.24) is 14.8 Å². The van der Waals surface area contributed by atoms with Gasteiger partial charge in [-0.15, -0.1) is 10.2 Å². The van der Waals surface area contributed by atoms with Crippen molar-refractivity contribution in [2.75, 3.05) is 42.3 Å². The molecule has 1 amide bonds. The molecule has 1 aromatic heterocycles. The summed E-state index contributed by atoms with van der Waals surface area (Å²) in [6.07, 6.45) is 0. The van der Waals surface area contributed by atoms with Crippen molar-refractivity contribution in [3.8, 4) is 0 Å². The number of hydrogen-bond donors (Lipinski definition) is 1. The first-order valence-electron chi connectivity index (χ1n) is 9.82. The van der Waals surface area contributed by atoms with Gasteiger partial charge < -0.3 is 15.0 Å². The highest BCUT2D eigenvalue weighted by molar-refractivity contribution is 7.99. The fourth-order valence-electron chi connectivity index (χ4n) is 2.90. The fourth-order valence-corrected chi connectivity index (χ4v) is 3.79. The molecule has 9 heteroatoms. The van der Waals surface area contributed by atoms with Crippen LogP contribution in [0.3, 0.4) is 0 Å². The normalized spacial score (nSPS) is 14.3. The maximum Gasteiger partial charge on any atom is 0.228 e. The summed E-state index contributed by atoms with van der Waals surface area (Å²) in [5, 5.41) is 12.2. The first-order chi connectivity index (χ1) is 14.0. The number of nitrogens with one attached hydrogen (secondary N) is 1. The number of anilines is 2. The number of rotatable bonds is 8. The number of Topliss-reactive ketones (excluding diaryl/α,β-unsaturated/α-hetero) is 1. The quantitative estimate of drug-likeness (QED) is 0.522. The lowest BCUT2D eigenvalue weighted by Crippen LogP contribution is -2.38. The third kappa shape index (κ3) is 5.36. The Morgan fingerprint density at radius 3 is 2.48 bits per heavy atom. The Morgan fingerprint density at radius 1 is 1.17 bits per heavy atom. The van der Waals surface area contributed by atoms with Crippen LogP contribution in [0.5, 0.6) is 0 Å². The van der Waals surface area contributed by atoms with E-state index >= 15 is 0 Å². The number of aromatic nitrogens is 3. The van der Waals surface area contributed by atoms with E-state index in [9.17, 15) is 9.59 Å². The Labute approximate surface area is 175 Å². The van der Waals surface area contributed by atoms with Crippen molar-refractivity contribution >= 4 is 35.1 Å². The number of amides is 1. The average molecular weight is 418 g/mol. The summed E-state index contributed by atoms with van der Waals surface area (Å²) in [4.78, 5) is 26.5. The molecule has 0 unspecified atom stereocenters. The zero-order chi connectivity index (χ0) is 20.8. The van der Waals surface area contributed by atoms with Crippen LogP contribution in [0.1, 0.15) is 31.1 Å². The number of hydrogen-bond acceptors (Lipinski definition) is 7. The number of thioether (sulfide) groups is 1. The molecule has 1 aliphatic rings. The van der Waals surface area contributed by atoms with Gasteiger partial charge in [0.1, 0.15) is 0 Å². The number of carbonyl (C=O) groups excluding carboxylic acids is 2. The summed E-state index contributed by atoms with van der Waals surface area (Å²) < 4.78 is 7.43. The summed E-state index contributed by atoms with van der Waals surface area (Å²) in [7, 11) is 0. The predicted molar refractivity (Wildman–Crippen MR) is 114 cm³/mol. The van der Waals surface area contributed by atoms with Gasteiger partial charge in [0, 0.05) is 36.8 Å². The van der Waals surface area contributed by atoms with Crippen LogP contribution >= 0.6 is 11.8 Å². The largest absolute Gasteiger partial charge is 0.378 e. The number of ketones is 1. The Bertz CT molecular complexity index is 844. The molecule has 0 bridgehead atoms. The standard InChI is InChI=1S/C20H27N5O3S/c1-4-25-19(24-9-11-28-12-10-24)22-23-20(25)29-13-17(26)15-5-7-16(8-6-15)21-18(27)14(2)3/h5-8,14H,4,9-13H2,1-3H3,(H,21,27). The highest BCUT2D eigenvalue weighted by Gasteiger charge is 2.20. The van der Waals surface area contributed by atoms with E-state index in [0.717, 1.165) is 30.7 Å². The lowest BCUT2D eigenvalue weighted by Gasteiger charge is -2.27. The summed E-state index contributed by atoms with van der Waals surface area (Å²) in [5.74, 6) is 0.978. The fraction of sp³-hybridized carbons (Fsp3) is 0.500. The molecule has 29 heavy (non-hydrogen) atoms. The van der Waals surface area contributed by atoms with Crippen molar-refractivity contribution in [3.63, 3.8) is 0 Å². The van der Waals surface area contributed by atoms with Crippen molar-refractivity contribution in [2.24, 2.45) is 5.92 Å². The predicted octanol–water partition coefficient (Wildman–Crippen LogP) is 2.70. The van der Waals surface area contributed by atoms with Gasteiger partial charge in [0.25, 0.3) is 0 Å². The van der Waals surface area contributed by atoms with Crippen LogP contribution in [0.4, 0.5) is 11.6 Å². The molecule has 1 aromatic carbocycles. The molecule has 1 saturated heterocycles. The first-order valence-corrected chi connectivity index (χ1v) is 10.8. The topological polar surface area (TPSA) is 89.3 Å². The van der Waals surface area contributed by atoms with E-state index in [-0.39, 0.29) is 23.4 Å². The van der Waals surface area contributed by atoms with Crippen LogP contribution < -0.4 is 10.2 Å². The molecular formula is C20H27N5O3S. The molecule has 8 nitrogen and oxygen atoms in total. The SMILES string of the molecule is CCn1c(SCC(=O)c2ccc(NC(=O)C(C)C)cc2)nnc1N1CCOCC1. The number of ether oxygens (including phenoxy) is 1. The van der Waals surface area contributed by atoms with Crippen LogP contribution in [0.2, 0.25) is 0 Å². The van der Waals surface area contributed by atoms with E-state index in [1.54, 1.807) is 24.3 Å². The monoisotopic (exact) mass is 417 g/mol.